The molecule has 0 radical (unpaired) electrons. The first kappa shape index (κ1) is 20.6. The fourth-order valence-electron chi connectivity index (χ4n) is 3.76. The van der Waals surface area contributed by atoms with E-state index in [9.17, 15) is 4.79 Å². The van der Waals surface area contributed by atoms with Crippen LogP contribution < -0.4 is 14.2 Å². The lowest BCUT2D eigenvalue weighted by Gasteiger charge is -2.19. The van der Waals surface area contributed by atoms with Crippen LogP contribution in [0.5, 0.6) is 17.2 Å². The maximum absolute atomic E-state index is 11.7. The predicted molar refractivity (Wildman–Crippen MR) is 111 cm³/mol. The second kappa shape index (κ2) is 9.38. The van der Waals surface area contributed by atoms with Crippen LogP contribution in [-0.2, 0) is 16.0 Å². The quantitative estimate of drug-likeness (QED) is 0.513. The molecule has 2 aromatic carbocycles. The molecule has 0 saturated heterocycles. The molecule has 0 aromatic heterocycles. The smallest absolute Gasteiger partial charge is 0.307 e. The van der Waals surface area contributed by atoms with Gasteiger partial charge in [-0.05, 0) is 49.6 Å². The summed E-state index contributed by atoms with van der Waals surface area (Å²) in [6.45, 7) is 1.76. The lowest BCUT2D eigenvalue weighted by molar-refractivity contribution is -0.140. The highest BCUT2D eigenvalue weighted by molar-refractivity contribution is 5.71. The Bertz CT molecular complexity index is 921. The molecule has 5 heteroatoms. The highest BCUT2D eigenvalue weighted by Gasteiger charge is 2.30. The molecule has 2 aromatic rings. The number of methoxy groups -OCH3 is 3. The zero-order valence-corrected chi connectivity index (χ0v) is 17.3. The van der Waals surface area contributed by atoms with Crippen LogP contribution in [0.1, 0.15) is 48.5 Å². The van der Waals surface area contributed by atoms with Crippen LogP contribution in [0.4, 0.5) is 0 Å². The lowest BCUT2D eigenvalue weighted by atomic mass is 9.96. The van der Waals surface area contributed by atoms with Crippen molar-refractivity contribution < 1.29 is 23.7 Å². The predicted octanol–water partition coefficient (Wildman–Crippen LogP) is 4.44. The maximum atomic E-state index is 11.7. The van der Waals surface area contributed by atoms with E-state index >= 15 is 0 Å². The molecule has 0 bridgehead atoms. The fourth-order valence-corrected chi connectivity index (χ4v) is 3.76. The van der Waals surface area contributed by atoms with Crippen LogP contribution >= 0.6 is 0 Å². The van der Waals surface area contributed by atoms with Gasteiger partial charge in [-0.2, -0.15) is 0 Å². The molecule has 1 aliphatic rings. The van der Waals surface area contributed by atoms with Gasteiger partial charge in [-0.15, -0.1) is 5.92 Å². The van der Waals surface area contributed by atoms with Gasteiger partial charge in [-0.1, -0.05) is 18.1 Å². The number of esters is 1. The summed E-state index contributed by atoms with van der Waals surface area (Å²) >= 11 is 0. The van der Waals surface area contributed by atoms with Gasteiger partial charge in [0.2, 0.25) is 0 Å². The first-order valence-electron chi connectivity index (χ1n) is 9.60. The third-order valence-electron chi connectivity index (χ3n) is 5.17. The van der Waals surface area contributed by atoms with Crippen molar-refractivity contribution in [2.45, 2.75) is 38.2 Å². The maximum Gasteiger partial charge on any atom is 0.307 e. The number of rotatable bonds is 7. The first-order chi connectivity index (χ1) is 14.1. The minimum atomic E-state index is -0.276. The summed E-state index contributed by atoms with van der Waals surface area (Å²) in [6, 6.07) is 11.6. The Morgan fingerprint density at radius 1 is 1.07 bits per heavy atom. The van der Waals surface area contributed by atoms with Gasteiger partial charge in [0.15, 0.2) is 0 Å². The Morgan fingerprint density at radius 2 is 1.76 bits per heavy atom. The normalized spacial score (nSPS) is 15.5. The minimum absolute atomic E-state index is 0.0952. The molecule has 0 N–H and O–H groups in total. The number of hydrogen-bond acceptors (Lipinski definition) is 5. The van der Waals surface area contributed by atoms with Crippen molar-refractivity contribution in [2.75, 3.05) is 21.3 Å². The summed E-state index contributed by atoms with van der Waals surface area (Å²) in [5, 5.41) is 0. The van der Waals surface area contributed by atoms with Gasteiger partial charge in [0, 0.05) is 11.1 Å². The molecule has 1 unspecified atom stereocenters. The van der Waals surface area contributed by atoms with Crippen molar-refractivity contribution in [3.8, 4) is 29.1 Å². The van der Waals surface area contributed by atoms with Crippen molar-refractivity contribution in [1.29, 1.82) is 0 Å². The monoisotopic (exact) mass is 394 g/mol. The molecule has 5 nitrogen and oxygen atoms in total. The molecule has 29 heavy (non-hydrogen) atoms. The zero-order valence-electron chi connectivity index (χ0n) is 17.3. The molecular weight excluding hydrogens is 368 g/mol. The highest BCUT2D eigenvalue weighted by Crippen LogP contribution is 2.44. The average molecular weight is 394 g/mol. The number of hydrogen-bond donors (Lipinski definition) is 0. The topological polar surface area (TPSA) is 54.0 Å². The highest BCUT2D eigenvalue weighted by atomic mass is 16.5. The number of ether oxygens (including phenoxy) is 4. The van der Waals surface area contributed by atoms with Crippen molar-refractivity contribution in [3.05, 3.63) is 53.1 Å². The van der Waals surface area contributed by atoms with E-state index in [1.165, 1.54) is 7.11 Å². The Labute approximate surface area is 171 Å². The van der Waals surface area contributed by atoms with E-state index in [0.29, 0.717) is 0 Å². The largest absolute Gasteiger partial charge is 0.496 e. The first-order valence-corrected chi connectivity index (χ1v) is 9.60. The minimum Gasteiger partial charge on any atom is -0.496 e. The van der Waals surface area contributed by atoms with Crippen LogP contribution in [0.25, 0.3) is 0 Å². The van der Waals surface area contributed by atoms with Gasteiger partial charge in [-0.3, -0.25) is 4.79 Å². The molecular formula is C24H26O5. The third-order valence-corrected chi connectivity index (χ3v) is 5.17. The third kappa shape index (κ3) is 4.48. The Morgan fingerprint density at radius 3 is 2.38 bits per heavy atom. The summed E-state index contributed by atoms with van der Waals surface area (Å²) in [7, 11) is 4.74. The summed E-state index contributed by atoms with van der Waals surface area (Å²) < 4.78 is 22.1. The van der Waals surface area contributed by atoms with E-state index in [-0.39, 0.29) is 24.4 Å². The van der Waals surface area contributed by atoms with Gasteiger partial charge in [0.05, 0.1) is 33.7 Å². The average Bonchev–Trinajstić information content (AvgIpc) is 3.17. The van der Waals surface area contributed by atoms with E-state index < -0.39 is 0 Å². The number of benzene rings is 2. The number of fused-ring (bicyclic) bond motifs is 1. The molecule has 0 heterocycles. The molecule has 152 valence electrons. The number of carbonyl (C=O) groups is 1. The molecule has 1 aliphatic carbocycles. The summed E-state index contributed by atoms with van der Waals surface area (Å²) in [5.41, 5.74) is 3.16. The van der Waals surface area contributed by atoms with E-state index in [0.717, 1.165) is 46.8 Å². The second-order valence-corrected chi connectivity index (χ2v) is 6.80. The Hall–Kier alpha value is -3.13. The zero-order chi connectivity index (χ0) is 20.8. The molecule has 0 fully saturated rings. The van der Waals surface area contributed by atoms with E-state index in [1.54, 1.807) is 21.1 Å². The fraction of sp³-hybridized carbons (Fsp3) is 0.375. The van der Waals surface area contributed by atoms with Crippen molar-refractivity contribution in [3.63, 3.8) is 0 Å². The van der Waals surface area contributed by atoms with Crippen molar-refractivity contribution in [2.24, 2.45) is 0 Å². The van der Waals surface area contributed by atoms with Gasteiger partial charge < -0.3 is 18.9 Å². The summed E-state index contributed by atoms with van der Waals surface area (Å²) in [4.78, 5) is 11.7. The van der Waals surface area contributed by atoms with Crippen LogP contribution in [0, 0.1) is 11.8 Å². The van der Waals surface area contributed by atoms with Gasteiger partial charge in [0.1, 0.15) is 23.4 Å². The molecule has 0 aliphatic heterocycles. The van der Waals surface area contributed by atoms with Gasteiger partial charge >= 0.3 is 5.97 Å². The SMILES string of the molecule is CC#C[C@@H](CC(=O)OC)c1ccc(OC2CCc3c(OC)ccc(OC)c32)cc1. The Kier molecular flexibility index (Phi) is 6.66. The molecule has 3 rings (SSSR count). The van der Waals surface area contributed by atoms with E-state index in [4.69, 9.17) is 18.9 Å². The van der Waals surface area contributed by atoms with E-state index in [1.807, 2.05) is 36.4 Å². The molecule has 0 spiro atoms. The van der Waals surface area contributed by atoms with Crippen LogP contribution in [-0.4, -0.2) is 27.3 Å². The van der Waals surface area contributed by atoms with E-state index in [2.05, 4.69) is 11.8 Å². The van der Waals surface area contributed by atoms with Gasteiger partial charge in [-0.25, -0.2) is 0 Å². The Balaban J connectivity index is 1.79. The molecule has 2 atom stereocenters. The van der Waals surface area contributed by atoms with Crippen LogP contribution in [0.15, 0.2) is 36.4 Å². The number of carbonyl (C=O) groups excluding carboxylic acids is 1. The second-order valence-electron chi connectivity index (χ2n) is 6.80. The standard InChI is InChI=1S/C24H26O5/c1-5-6-17(15-23(25)28-4)16-7-9-18(10-8-16)29-22-12-11-19-20(26-2)13-14-21(27-3)24(19)22/h7-10,13-14,17,22H,11-12,15H2,1-4H3/t17-,22?/m0/s1. The lowest BCUT2D eigenvalue weighted by Crippen LogP contribution is -2.08. The molecule has 0 saturated carbocycles. The van der Waals surface area contributed by atoms with Gasteiger partial charge in [0.25, 0.3) is 0 Å². The van der Waals surface area contributed by atoms with Crippen LogP contribution in [0.3, 0.4) is 0 Å². The van der Waals surface area contributed by atoms with Crippen LogP contribution in [0.2, 0.25) is 0 Å². The van der Waals surface area contributed by atoms with Crippen molar-refractivity contribution >= 4 is 5.97 Å². The summed E-state index contributed by atoms with van der Waals surface area (Å²) in [5.74, 6) is 7.94. The summed E-state index contributed by atoms with van der Waals surface area (Å²) in [6.07, 6.45) is 1.87. The molecule has 0 amide bonds. The van der Waals surface area contributed by atoms with Crippen molar-refractivity contribution in [1.82, 2.24) is 0 Å².